The van der Waals surface area contributed by atoms with Crippen molar-refractivity contribution in [1.82, 2.24) is 10.2 Å². The van der Waals surface area contributed by atoms with Crippen LogP contribution in [0.1, 0.15) is 33.5 Å². The first-order valence-corrected chi connectivity index (χ1v) is 8.98. The maximum Gasteiger partial charge on any atom is 0.255 e. The third kappa shape index (κ3) is 3.05. The van der Waals surface area contributed by atoms with Crippen molar-refractivity contribution in [3.8, 4) is 5.75 Å². The van der Waals surface area contributed by atoms with Gasteiger partial charge in [0.2, 0.25) is 5.91 Å². The molecule has 2 N–H and O–H groups in total. The zero-order chi connectivity index (χ0) is 18.3. The predicted molar refractivity (Wildman–Crippen MR) is 98.1 cm³/mol. The molecule has 2 amide bonds. The van der Waals surface area contributed by atoms with E-state index < -0.39 is 0 Å². The average molecular weight is 350 g/mol. The van der Waals surface area contributed by atoms with Gasteiger partial charge in [0, 0.05) is 19.0 Å². The van der Waals surface area contributed by atoms with Gasteiger partial charge in [-0.05, 0) is 48.6 Å². The Bertz CT molecular complexity index is 852. The maximum absolute atomic E-state index is 12.5. The molecule has 2 aliphatic rings. The minimum Gasteiger partial charge on any atom is -0.507 e. The Morgan fingerprint density at radius 2 is 1.81 bits per heavy atom. The van der Waals surface area contributed by atoms with Gasteiger partial charge in [-0.1, -0.05) is 30.3 Å². The fourth-order valence-corrected chi connectivity index (χ4v) is 4.03. The number of carbonyl (C=O) groups is 2. The molecule has 0 spiro atoms. The van der Waals surface area contributed by atoms with Crippen LogP contribution in [0.3, 0.4) is 0 Å². The van der Waals surface area contributed by atoms with Gasteiger partial charge in [-0.2, -0.15) is 0 Å². The molecule has 1 aliphatic heterocycles. The highest BCUT2D eigenvalue weighted by molar-refractivity contribution is 5.97. The van der Waals surface area contributed by atoms with E-state index in [4.69, 9.17) is 0 Å². The Kier molecular flexibility index (Phi) is 4.15. The monoisotopic (exact) mass is 350 g/mol. The minimum absolute atomic E-state index is 0.0325. The van der Waals surface area contributed by atoms with Gasteiger partial charge in [-0.25, -0.2) is 0 Å². The summed E-state index contributed by atoms with van der Waals surface area (Å²) in [5.74, 6) is -0.284. The summed E-state index contributed by atoms with van der Waals surface area (Å²) >= 11 is 0. The molecule has 1 aliphatic carbocycles. The van der Waals surface area contributed by atoms with Crippen molar-refractivity contribution in [2.75, 3.05) is 6.54 Å². The van der Waals surface area contributed by atoms with Crippen LogP contribution < -0.4 is 5.32 Å². The van der Waals surface area contributed by atoms with Crippen molar-refractivity contribution in [3.05, 3.63) is 64.7 Å². The fraction of sp³-hybridized carbons (Fsp3) is 0.333. The number of phenols is 1. The number of nitrogens with one attached hydrogen (secondary N) is 1. The third-order valence-electron chi connectivity index (χ3n) is 5.36. The summed E-state index contributed by atoms with van der Waals surface area (Å²) < 4.78 is 0. The number of amides is 2. The van der Waals surface area contributed by atoms with Crippen molar-refractivity contribution >= 4 is 11.8 Å². The Morgan fingerprint density at radius 1 is 1.12 bits per heavy atom. The maximum atomic E-state index is 12.5. The molecule has 5 heteroatoms. The standard InChI is InChI=1S/C21H22N2O3/c1-13-6-7-18(19(24)8-13)21(26)22-16-11-20(25)23(12-16)17-9-14-4-2-3-5-15(14)10-17/h2-8,16-17,24H,9-12H2,1H3,(H,22,26). The Morgan fingerprint density at radius 3 is 2.46 bits per heavy atom. The molecule has 1 heterocycles. The lowest BCUT2D eigenvalue weighted by molar-refractivity contribution is -0.129. The lowest BCUT2D eigenvalue weighted by Gasteiger charge is -2.24. The molecule has 5 nitrogen and oxygen atoms in total. The van der Waals surface area contributed by atoms with Gasteiger partial charge in [0.05, 0.1) is 11.6 Å². The number of carbonyl (C=O) groups excluding carboxylic acids is 2. The molecule has 0 saturated carbocycles. The van der Waals surface area contributed by atoms with Crippen LogP contribution in [0.2, 0.25) is 0 Å². The third-order valence-corrected chi connectivity index (χ3v) is 5.36. The number of aryl methyl sites for hydroxylation is 1. The van der Waals surface area contributed by atoms with Crippen LogP contribution in [-0.2, 0) is 17.6 Å². The van der Waals surface area contributed by atoms with Crippen molar-refractivity contribution in [3.63, 3.8) is 0 Å². The quantitative estimate of drug-likeness (QED) is 0.892. The van der Waals surface area contributed by atoms with E-state index in [1.54, 1.807) is 18.2 Å². The van der Waals surface area contributed by atoms with Gasteiger partial charge in [-0.15, -0.1) is 0 Å². The Balaban J connectivity index is 1.41. The summed E-state index contributed by atoms with van der Waals surface area (Å²) in [6.45, 7) is 2.38. The first kappa shape index (κ1) is 16.6. The van der Waals surface area contributed by atoms with E-state index in [0.29, 0.717) is 13.0 Å². The summed E-state index contributed by atoms with van der Waals surface area (Å²) in [4.78, 5) is 26.8. The average Bonchev–Trinajstić information content (AvgIpc) is 3.17. The van der Waals surface area contributed by atoms with E-state index in [0.717, 1.165) is 18.4 Å². The van der Waals surface area contributed by atoms with E-state index >= 15 is 0 Å². The molecule has 0 radical (unpaired) electrons. The normalized spacial score (nSPS) is 19.7. The second kappa shape index (κ2) is 6.48. The first-order chi connectivity index (χ1) is 12.5. The molecule has 2 aromatic rings. The van der Waals surface area contributed by atoms with Crippen LogP contribution >= 0.6 is 0 Å². The summed E-state index contributed by atoms with van der Waals surface area (Å²) in [5.41, 5.74) is 3.75. The lowest BCUT2D eigenvalue weighted by atomic mass is 10.1. The van der Waals surface area contributed by atoms with E-state index in [9.17, 15) is 14.7 Å². The molecule has 2 aromatic carbocycles. The Labute approximate surface area is 152 Å². The van der Waals surface area contributed by atoms with Gasteiger partial charge in [0.15, 0.2) is 0 Å². The molecule has 0 bridgehead atoms. The number of hydrogen-bond acceptors (Lipinski definition) is 3. The highest BCUT2D eigenvalue weighted by Gasteiger charge is 2.37. The second-order valence-corrected chi connectivity index (χ2v) is 7.27. The van der Waals surface area contributed by atoms with E-state index in [1.807, 2.05) is 24.0 Å². The van der Waals surface area contributed by atoms with Crippen LogP contribution in [0.25, 0.3) is 0 Å². The topological polar surface area (TPSA) is 69.6 Å². The highest BCUT2D eigenvalue weighted by atomic mass is 16.3. The summed E-state index contributed by atoms with van der Waals surface area (Å²) in [5, 5.41) is 12.9. The largest absolute Gasteiger partial charge is 0.507 e. The molecule has 26 heavy (non-hydrogen) atoms. The lowest BCUT2D eigenvalue weighted by Crippen LogP contribution is -2.41. The number of aromatic hydroxyl groups is 1. The number of likely N-dealkylation sites (tertiary alicyclic amines) is 1. The van der Waals surface area contributed by atoms with Gasteiger partial charge in [0.1, 0.15) is 5.75 Å². The first-order valence-electron chi connectivity index (χ1n) is 8.98. The zero-order valence-corrected chi connectivity index (χ0v) is 14.7. The second-order valence-electron chi connectivity index (χ2n) is 7.27. The highest BCUT2D eigenvalue weighted by Crippen LogP contribution is 2.28. The van der Waals surface area contributed by atoms with E-state index in [2.05, 4.69) is 17.4 Å². The minimum atomic E-state index is -0.336. The predicted octanol–water partition coefficient (Wildman–Crippen LogP) is 2.20. The number of nitrogens with zero attached hydrogens (tertiary/aromatic N) is 1. The van der Waals surface area contributed by atoms with Crippen molar-refractivity contribution in [2.24, 2.45) is 0 Å². The number of hydrogen-bond donors (Lipinski definition) is 2. The van der Waals surface area contributed by atoms with Crippen molar-refractivity contribution in [2.45, 2.75) is 38.3 Å². The molecule has 1 saturated heterocycles. The summed E-state index contributed by atoms with van der Waals surface area (Å²) in [7, 11) is 0. The summed E-state index contributed by atoms with van der Waals surface area (Å²) in [6.07, 6.45) is 2.06. The van der Waals surface area contributed by atoms with Gasteiger partial charge >= 0.3 is 0 Å². The van der Waals surface area contributed by atoms with Crippen LogP contribution in [0.15, 0.2) is 42.5 Å². The van der Waals surface area contributed by atoms with Crippen LogP contribution in [0.4, 0.5) is 0 Å². The van der Waals surface area contributed by atoms with Crippen LogP contribution in [0, 0.1) is 6.92 Å². The zero-order valence-electron chi connectivity index (χ0n) is 14.7. The van der Waals surface area contributed by atoms with Gasteiger partial charge in [0.25, 0.3) is 5.91 Å². The number of fused-ring (bicyclic) bond motifs is 1. The van der Waals surface area contributed by atoms with Crippen molar-refractivity contribution in [1.29, 1.82) is 0 Å². The van der Waals surface area contributed by atoms with Gasteiger partial charge in [-0.3, -0.25) is 9.59 Å². The summed E-state index contributed by atoms with van der Waals surface area (Å²) in [6, 6.07) is 13.2. The van der Waals surface area contributed by atoms with Crippen molar-refractivity contribution < 1.29 is 14.7 Å². The number of benzene rings is 2. The molecule has 0 aromatic heterocycles. The fourth-order valence-electron chi connectivity index (χ4n) is 4.03. The SMILES string of the molecule is Cc1ccc(C(=O)NC2CC(=O)N(C3Cc4ccccc4C3)C2)c(O)c1. The number of rotatable bonds is 3. The molecule has 1 fully saturated rings. The molecule has 134 valence electrons. The van der Waals surface area contributed by atoms with E-state index in [1.165, 1.54) is 11.1 Å². The smallest absolute Gasteiger partial charge is 0.255 e. The molecule has 4 rings (SSSR count). The Hall–Kier alpha value is -2.82. The van der Waals surface area contributed by atoms with E-state index in [-0.39, 0.29) is 35.2 Å². The molecule has 1 atom stereocenters. The number of phenolic OH excluding ortho intramolecular Hbond substituents is 1. The molecular weight excluding hydrogens is 328 g/mol. The molecule has 1 unspecified atom stereocenters. The molecular formula is C21H22N2O3. The van der Waals surface area contributed by atoms with Crippen LogP contribution in [0.5, 0.6) is 5.75 Å². The van der Waals surface area contributed by atoms with Gasteiger partial charge < -0.3 is 15.3 Å². The van der Waals surface area contributed by atoms with Crippen LogP contribution in [-0.4, -0.2) is 40.4 Å².